The molecule has 0 N–H and O–H groups in total. The maximum Gasteiger partial charge on any atom is 0.337 e. The quantitative estimate of drug-likeness (QED) is 0.572. The van der Waals surface area contributed by atoms with Gasteiger partial charge in [-0.05, 0) is 35.4 Å². The number of esters is 1. The van der Waals surface area contributed by atoms with Crippen molar-refractivity contribution in [2.45, 2.75) is 0 Å². The van der Waals surface area contributed by atoms with Crippen molar-refractivity contribution in [2.24, 2.45) is 0 Å². The second-order valence-electron chi connectivity index (χ2n) is 4.68. The molecular formula is C18H17BrO4. The van der Waals surface area contributed by atoms with Crippen LogP contribution in [0.25, 0.3) is 12.2 Å². The molecule has 120 valence electrons. The van der Waals surface area contributed by atoms with Crippen LogP contribution in [0.1, 0.15) is 21.5 Å². The summed E-state index contributed by atoms with van der Waals surface area (Å²) in [6, 6.07) is 10.9. The first-order chi connectivity index (χ1) is 11.1. The summed E-state index contributed by atoms with van der Waals surface area (Å²) in [5, 5.41) is 0. The van der Waals surface area contributed by atoms with Gasteiger partial charge in [-0.1, -0.05) is 40.2 Å². The molecule has 0 aliphatic heterocycles. The van der Waals surface area contributed by atoms with E-state index in [1.54, 1.807) is 26.4 Å². The van der Waals surface area contributed by atoms with Crippen molar-refractivity contribution >= 4 is 34.1 Å². The van der Waals surface area contributed by atoms with Gasteiger partial charge in [-0.3, -0.25) is 0 Å². The number of hydrogen-bond acceptors (Lipinski definition) is 4. The molecule has 0 bridgehead atoms. The Morgan fingerprint density at radius 3 is 2.13 bits per heavy atom. The van der Waals surface area contributed by atoms with E-state index >= 15 is 0 Å². The number of rotatable bonds is 5. The van der Waals surface area contributed by atoms with Crippen LogP contribution < -0.4 is 9.47 Å². The molecule has 0 aliphatic rings. The van der Waals surface area contributed by atoms with Crippen LogP contribution in [0.2, 0.25) is 0 Å². The molecule has 0 aromatic heterocycles. The van der Waals surface area contributed by atoms with Gasteiger partial charge in [0.1, 0.15) is 0 Å². The van der Waals surface area contributed by atoms with Crippen molar-refractivity contribution in [1.29, 1.82) is 0 Å². The van der Waals surface area contributed by atoms with Gasteiger partial charge in [-0.2, -0.15) is 0 Å². The van der Waals surface area contributed by atoms with Gasteiger partial charge >= 0.3 is 5.97 Å². The zero-order chi connectivity index (χ0) is 16.8. The molecule has 0 heterocycles. The van der Waals surface area contributed by atoms with Gasteiger partial charge in [0.15, 0.2) is 11.5 Å². The summed E-state index contributed by atoms with van der Waals surface area (Å²) in [5.41, 5.74) is 2.45. The fraction of sp³-hybridized carbons (Fsp3) is 0.167. The van der Waals surface area contributed by atoms with Crippen molar-refractivity contribution in [1.82, 2.24) is 0 Å². The summed E-state index contributed by atoms with van der Waals surface area (Å²) in [5.74, 6) is 0.985. The average molecular weight is 377 g/mol. The fourth-order valence-electron chi connectivity index (χ4n) is 2.03. The Balaban J connectivity index is 2.24. The molecule has 2 aromatic carbocycles. The van der Waals surface area contributed by atoms with E-state index in [1.807, 2.05) is 36.4 Å². The highest BCUT2D eigenvalue weighted by Crippen LogP contribution is 2.34. The minimum Gasteiger partial charge on any atom is -0.493 e. The maximum atomic E-state index is 11.4. The van der Waals surface area contributed by atoms with E-state index in [0.717, 1.165) is 15.6 Å². The monoisotopic (exact) mass is 376 g/mol. The zero-order valence-corrected chi connectivity index (χ0v) is 14.7. The molecule has 2 rings (SSSR count). The largest absolute Gasteiger partial charge is 0.493 e. The molecule has 0 amide bonds. The van der Waals surface area contributed by atoms with E-state index in [4.69, 9.17) is 9.47 Å². The third-order valence-electron chi connectivity index (χ3n) is 3.29. The number of benzene rings is 2. The Kier molecular flexibility index (Phi) is 5.82. The first-order valence-corrected chi connectivity index (χ1v) is 7.66. The minimum absolute atomic E-state index is 0.344. The molecule has 0 saturated carbocycles. The van der Waals surface area contributed by atoms with E-state index in [1.165, 1.54) is 7.11 Å². The van der Waals surface area contributed by atoms with Crippen LogP contribution in [0.3, 0.4) is 0 Å². The van der Waals surface area contributed by atoms with E-state index < -0.39 is 0 Å². The highest BCUT2D eigenvalue weighted by molar-refractivity contribution is 9.10. The molecule has 0 spiro atoms. The second kappa shape index (κ2) is 7.83. The summed E-state index contributed by atoms with van der Waals surface area (Å²) in [6.45, 7) is 0. The molecular weight excluding hydrogens is 360 g/mol. The first kappa shape index (κ1) is 17.1. The topological polar surface area (TPSA) is 44.8 Å². The molecule has 0 unspecified atom stereocenters. The van der Waals surface area contributed by atoms with Crippen molar-refractivity contribution in [3.05, 3.63) is 57.6 Å². The number of carbonyl (C=O) groups is 1. The Morgan fingerprint density at radius 1 is 0.957 bits per heavy atom. The number of ether oxygens (including phenoxy) is 3. The van der Waals surface area contributed by atoms with E-state index in [9.17, 15) is 4.79 Å². The average Bonchev–Trinajstić information content (AvgIpc) is 2.60. The molecule has 2 aromatic rings. The second-order valence-corrected chi connectivity index (χ2v) is 5.53. The predicted octanol–water partition coefficient (Wildman–Crippen LogP) is 4.42. The van der Waals surface area contributed by atoms with Crippen molar-refractivity contribution in [3.63, 3.8) is 0 Å². The number of hydrogen-bond donors (Lipinski definition) is 0. The summed E-state index contributed by atoms with van der Waals surface area (Å²) in [6.07, 6.45) is 3.91. The van der Waals surface area contributed by atoms with E-state index in [2.05, 4.69) is 20.7 Å². The standard InChI is InChI=1S/C18H17BrO4/c1-21-16-10-14(15(19)11-17(16)22-2)9-6-12-4-7-13(8-5-12)18(20)23-3/h4-11H,1-3H3. The van der Waals surface area contributed by atoms with Gasteiger partial charge in [0.05, 0.1) is 26.9 Å². The summed E-state index contributed by atoms with van der Waals surface area (Å²) >= 11 is 3.52. The lowest BCUT2D eigenvalue weighted by molar-refractivity contribution is 0.0600. The van der Waals surface area contributed by atoms with Gasteiger partial charge in [0.25, 0.3) is 0 Å². The predicted molar refractivity (Wildman–Crippen MR) is 94.0 cm³/mol. The van der Waals surface area contributed by atoms with Gasteiger partial charge < -0.3 is 14.2 Å². The third-order valence-corrected chi connectivity index (χ3v) is 3.98. The zero-order valence-electron chi connectivity index (χ0n) is 13.1. The number of carbonyl (C=O) groups excluding carboxylic acids is 1. The smallest absolute Gasteiger partial charge is 0.337 e. The van der Waals surface area contributed by atoms with Crippen LogP contribution in [0, 0.1) is 0 Å². The fourth-order valence-corrected chi connectivity index (χ4v) is 2.49. The van der Waals surface area contributed by atoms with Crippen LogP contribution in [-0.2, 0) is 4.74 Å². The van der Waals surface area contributed by atoms with Crippen LogP contribution >= 0.6 is 15.9 Å². The van der Waals surface area contributed by atoms with Gasteiger partial charge in [0, 0.05) is 4.47 Å². The van der Waals surface area contributed by atoms with Gasteiger partial charge in [-0.15, -0.1) is 0 Å². The van der Waals surface area contributed by atoms with Crippen LogP contribution in [0.5, 0.6) is 11.5 Å². The highest BCUT2D eigenvalue weighted by Gasteiger charge is 2.08. The van der Waals surface area contributed by atoms with Crippen molar-refractivity contribution < 1.29 is 19.0 Å². The SMILES string of the molecule is COC(=O)c1ccc(C=Cc2cc(OC)c(OC)cc2Br)cc1. The van der Waals surface area contributed by atoms with E-state index in [0.29, 0.717) is 17.1 Å². The Bertz CT molecular complexity index is 721. The van der Waals surface area contributed by atoms with Crippen molar-refractivity contribution in [2.75, 3.05) is 21.3 Å². The molecule has 4 nitrogen and oxygen atoms in total. The van der Waals surface area contributed by atoms with Crippen LogP contribution in [0.4, 0.5) is 0 Å². The lowest BCUT2D eigenvalue weighted by Crippen LogP contribution is -2.00. The summed E-state index contributed by atoms with van der Waals surface area (Å²) < 4.78 is 16.1. The summed E-state index contributed by atoms with van der Waals surface area (Å²) in [7, 11) is 4.57. The molecule has 0 aliphatic carbocycles. The number of methoxy groups -OCH3 is 3. The Hall–Kier alpha value is -2.27. The molecule has 0 fully saturated rings. The molecule has 5 heteroatoms. The summed E-state index contributed by atoms with van der Waals surface area (Å²) in [4.78, 5) is 11.4. The third kappa shape index (κ3) is 4.13. The maximum absolute atomic E-state index is 11.4. The Morgan fingerprint density at radius 2 is 1.57 bits per heavy atom. The van der Waals surface area contributed by atoms with Gasteiger partial charge in [-0.25, -0.2) is 4.79 Å². The van der Waals surface area contributed by atoms with Crippen molar-refractivity contribution in [3.8, 4) is 11.5 Å². The Labute approximate surface area is 143 Å². The van der Waals surface area contributed by atoms with E-state index in [-0.39, 0.29) is 5.97 Å². The lowest BCUT2D eigenvalue weighted by Gasteiger charge is -2.09. The van der Waals surface area contributed by atoms with Crippen LogP contribution in [0.15, 0.2) is 40.9 Å². The minimum atomic E-state index is -0.344. The number of halogens is 1. The molecule has 23 heavy (non-hydrogen) atoms. The molecule has 0 atom stereocenters. The highest BCUT2D eigenvalue weighted by atomic mass is 79.9. The molecule has 0 saturated heterocycles. The normalized spacial score (nSPS) is 10.6. The lowest BCUT2D eigenvalue weighted by atomic mass is 10.1. The van der Waals surface area contributed by atoms with Crippen LogP contribution in [-0.4, -0.2) is 27.3 Å². The van der Waals surface area contributed by atoms with Gasteiger partial charge in [0.2, 0.25) is 0 Å². The molecule has 0 radical (unpaired) electrons. The first-order valence-electron chi connectivity index (χ1n) is 6.87.